The average molecular weight is 329 g/mol. The first-order valence-electron chi connectivity index (χ1n) is 5.41. The molecule has 0 saturated heterocycles. The van der Waals surface area contributed by atoms with Gasteiger partial charge in [0.25, 0.3) is 0 Å². The highest BCUT2D eigenvalue weighted by atomic mass is 79.9. The molecule has 2 rings (SSSR count). The van der Waals surface area contributed by atoms with Crippen LogP contribution in [0.2, 0.25) is 0 Å². The number of carboxylic acids is 1. The molecule has 1 aromatic heterocycles. The maximum atomic E-state index is 13.8. The van der Waals surface area contributed by atoms with Gasteiger partial charge in [0.1, 0.15) is 11.5 Å². The van der Waals surface area contributed by atoms with Gasteiger partial charge in [-0.1, -0.05) is 15.9 Å². The number of carboxylic acid groups (broad SMARTS) is 1. The van der Waals surface area contributed by atoms with Crippen LogP contribution in [0.1, 0.15) is 16.1 Å². The minimum absolute atomic E-state index is 0.148. The first kappa shape index (κ1) is 13.7. The second-order valence-corrected chi connectivity index (χ2v) is 4.74. The topological polar surface area (TPSA) is 75.3 Å². The van der Waals surface area contributed by atoms with Crippen LogP contribution < -0.4 is 0 Å². The molecule has 0 aliphatic rings. The first-order chi connectivity index (χ1) is 9.02. The van der Waals surface area contributed by atoms with Gasteiger partial charge in [0, 0.05) is 22.8 Å². The van der Waals surface area contributed by atoms with Crippen LogP contribution >= 0.6 is 15.9 Å². The number of carbonyl (C=O) groups is 1. The number of aromatic nitrogens is 2. The van der Waals surface area contributed by atoms with Crippen LogP contribution in [0.25, 0.3) is 5.69 Å². The number of halogens is 2. The lowest BCUT2D eigenvalue weighted by Crippen LogP contribution is -2.04. The maximum Gasteiger partial charge on any atom is 0.356 e. The van der Waals surface area contributed by atoms with Crippen LogP contribution in [0.15, 0.2) is 28.9 Å². The number of hydrogen-bond donors (Lipinski definition) is 2. The molecular weight excluding hydrogens is 319 g/mol. The lowest BCUT2D eigenvalue weighted by molar-refractivity contribution is 0.0688. The fraction of sp³-hybridized carbons (Fsp3) is 0.167. The smallest absolute Gasteiger partial charge is 0.356 e. The molecule has 0 bridgehead atoms. The minimum Gasteiger partial charge on any atom is -0.476 e. The molecule has 2 aromatic rings. The van der Waals surface area contributed by atoms with Gasteiger partial charge in [-0.2, -0.15) is 5.10 Å². The van der Waals surface area contributed by atoms with Gasteiger partial charge in [-0.05, 0) is 24.6 Å². The molecule has 1 heterocycles. The van der Waals surface area contributed by atoms with Gasteiger partial charge < -0.3 is 10.2 Å². The van der Waals surface area contributed by atoms with Crippen LogP contribution in [0.4, 0.5) is 4.39 Å². The Morgan fingerprint density at radius 2 is 2.21 bits per heavy atom. The molecule has 0 spiro atoms. The molecule has 19 heavy (non-hydrogen) atoms. The fourth-order valence-corrected chi connectivity index (χ4v) is 2.02. The molecule has 2 N–H and O–H groups in total. The van der Waals surface area contributed by atoms with E-state index < -0.39 is 11.8 Å². The van der Waals surface area contributed by atoms with Crippen molar-refractivity contribution in [1.29, 1.82) is 0 Å². The number of rotatable bonds is 4. The Bertz CT molecular complexity index is 627. The summed E-state index contributed by atoms with van der Waals surface area (Å²) in [6.07, 6.45) is 1.56. The van der Waals surface area contributed by atoms with E-state index in [2.05, 4.69) is 21.0 Å². The summed E-state index contributed by atoms with van der Waals surface area (Å²) in [5, 5.41) is 21.7. The Morgan fingerprint density at radius 3 is 2.79 bits per heavy atom. The molecule has 0 saturated carbocycles. The molecule has 5 nitrogen and oxygen atoms in total. The van der Waals surface area contributed by atoms with Gasteiger partial charge in [0.2, 0.25) is 0 Å². The molecule has 7 heteroatoms. The number of aliphatic hydroxyl groups is 1. The quantitative estimate of drug-likeness (QED) is 0.900. The fourth-order valence-electron chi connectivity index (χ4n) is 1.68. The van der Waals surface area contributed by atoms with Crippen LogP contribution in [-0.2, 0) is 6.42 Å². The van der Waals surface area contributed by atoms with Crippen LogP contribution in [0, 0.1) is 5.82 Å². The van der Waals surface area contributed by atoms with E-state index in [0.717, 1.165) is 4.68 Å². The number of hydrogen-bond acceptors (Lipinski definition) is 3. The molecule has 0 aliphatic heterocycles. The van der Waals surface area contributed by atoms with Gasteiger partial charge in [0.05, 0.1) is 0 Å². The highest BCUT2D eigenvalue weighted by Crippen LogP contribution is 2.20. The largest absolute Gasteiger partial charge is 0.476 e. The first-order valence-corrected chi connectivity index (χ1v) is 6.20. The zero-order valence-corrected chi connectivity index (χ0v) is 11.3. The van der Waals surface area contributed by atoms with Crippen molar-refractivity contribution in [3.8, 4) is 5.69 Å². The Labute approximate surface area is 116 Å². The predicted molar refractivity (Wildman–Crippen MR) is 69.0 cm³/mol. The van der Waals surface area contributed by atoms with Crippen molar-refractivity contribution in [2.45, 2.75) is 6.42 Å². The molecule has 0 unspecified atom stereocenters. The standard InChI is InChI=1S/C12H10BrFN2O3/c13-8-1-2-10(9(14)5-8)16-6-7(3-4-17)11(15-16)12(18)19/h1-2,5-6,17H,3-4H2,(H,18,19). The van der Waals surface area contributed by atoms with Crippen molar-refractivity contribution in [2.24, 2.45) is 0 Å². The highest BCUT2D eigenvalue weighted by molar-refractivity contribution is 9.10. The van der Waals surface area contributed by atoms with E-state index >= 15 is 0 Å². The lowest BCUT2D eigenvalue weighted by atomic mass is 10.2. The summed E-state index contributed by atoms with van der Waals surface area (Å²) < 4.78 is 15.5. The molecule has 1 aromatic carbocycles. The summed E-state index contributed by atoms with van der Waals surface area (Å²) in [5.74, 6) is -1.73. The predicted octanol–water partition coefficient (Wildman–Crippen LogP) is 2.01. The molecule has 0 aliphatic carbocycles. The molecular formula is C12H10BrFN2O3. The van der Waals surface area contributed by atoms with Crippen LogP contribution in [0.3, 0.4) is 0 Å². The van der Waals surface area contributed by atoms with E-state index in [1.165, 1.54) is 18.3 Å². The van der Waals surface area contributed by atoms with E-state index in [-0.39, 0.29) is 24.4 Å². The molecule has 100 valence electrons. The van der Waals surface area contributed by atoms with Crippen molar-refractivity contribution in [1.82, 2.24) is 9.78 Å². The molecule has 0 atom stereocenters. The van der Waals surface area contributed by atoms with Gasteiger partial charge in [-0.3, -0.25) is 0 Å². The normalized spacial score (nSPS) is 10.7. The maximum absolute atomic E-state index is 13.8. The van der Waals surface area contributed by atoms with E-state index in [1.807, 2.05) is 0 Å². The summed E-state index contributed by atoms with van der Waals surface area (Å²) in [5.41, 5.74) is 0.323. The molecule has 0 amide bonds. The SMILES string of the molecule is O=C(O)c1nn(-c2ccc(Br)cc2F)cc1CCO. The zero-order valence-electron chi connectivity index (χ0n) is 9.68. The second kappa shape index (κ2) is 5.50. The van der Waals surface area contributed by atoms with Gasteiger partial charge in [0.15, 0.2) is 5.69 Å². The number of nitrogens with zero attached hydrogens (tertiary/aromatic N) is 2. The van der Waals surface area contributed by atoms with Crippen molar-refractivity contribution in [3.05, 3.63) is 45.9 Å². The van der Waals surface area contributed by atoms with E-state index in [9.17, 15) is 9.18 Å². The number of aromatic carboxylic acids is 1. The Hall–Kier alpha value is -1.73. The zero-order chi connectivity index (χ0) is 14.0. The summed E-state index contributed by atoms with van der Waals surface area (Å²) in [7, 11) is 0. The summed E-state index contributed by atoms with van der Waals surface area (Å²) in [4.78, 5) is 11.0. The summed E-state index contributed by atoms with van der Waals surface area (Å²) >= 11 is 3.14. The van der Waals surface area contributed by atoms with Crippen LogP contribution in [0.5, 0.6) is 0 Å². The summed E-state index contributed by atoms with van der Waals surface area (Å²) in [6, 6.07) is 4.39. The highest BCUT2D eigenvalue weighted by Gasteiger charge is 2.17. The number of aliphatic hydroxyl groups excluding tert-OH is 1. The van der Waals surface area contributed by atoms with E-state index in [4.69, 9.17) is 10.2 Å². The monoisotopic (exact) mass is 328 g/mol. The average Bonchev–Trinajstić information content (AvgIpc) is 2.73. The Balaban J connectivity index is 2.50. The summed E-state index contributed by atoms with van der Waals surface area (Å²) in [6.45, 7) is -0.200. The second-order valence-electron chi connectivity index (χ2n) is 3.82. The Kier molecular flexibility index (Phi) is 3.96. The number of benzene rings is 1. The molecule has 0 fully saturated rings. The van der Waals surface area contributed by atoms with E-state index in [1.54, 1.807) is 6.07 Å². The van der Waals surface area contributed by atoms with Crippen molar-refractivity contribution >= 4 is 21.9 Å². The third-order valence-electron chi connectivity index (χ3n) is 2.53. The lowest BCUT2D eigenvalue weighted by Gasteiger charge is -2.02. The van der Waals surface area contributed by atoms with Gasteiger partial charge in [-0.15, -0.1) is 0 Å². The van der Waals surface area contributed by atoms with Crippen LogP contribution in [-0.4, -0.2) is 32.6 Å². The van der Waals surface area contributed by atoms with Gasteiger partial charge >= 0.3 is 5.97 Å². The Morgan fingerprint density at radius 1 is 1.47 bits per heavy atom. The van der Waals surface area contributed by atoms with Crippen molar-refractivity contribution in [3.63, 3.8) is 0 Å². The third kappa shape index (κ3) is 2.82. The molecule has 0 radical (unpaired) electrons. The minimum atomic E-state index is -1.21. The van der Waals surface area contributed by atoms with Crippen molar-refractivity contribution in [2.75, 3.05) is 6.61 Å². The third-order valence-corrected chi connectivity index (χ3v) is 3.02. The van der Waals surface area contributed by atoms with Crippen molar-refractivity contribution < 1.29 is 19.4 Å². The van der Waals surface area contributed by atoms with E-state index in [0.29, 0.717) is 10.0 Å². The van der Waals surface area contributed by atoms with Gasteiger partial charge in [-0.25, -0.2) is 13.9 Å².